The fourth-order valence-corrected chi connectivity index (χ4v) is 2.26. The molecule has 0 saturated heterocycles. The van der Waals surface area contributed by atoms with Gasteiger partial charge in [-0.2, -0.15) is 5.10 Å². The van der Waals surface area contributed by atoms with Crippen LogP contribution in [0, 0.1) is 5.92 Å². The molecule has 0 aliphatic rings. The summed E-state index contributed by atoms with van der Waals surface area (Å²) in [7, 11) is 1.88. The van der Waals surface area contributed by atoms with Gasteiger partial charge in [0.15, 0.2) is 5.65 Å². The predicted molar refractivity (Wildman–Crippen MR) is 84.8 cm³/mol. The molecule has 20 heavy (non-hydrogen) atoms. The fraction of sp³-hybridized carbons (Fsp3) is 0.538. The lowest BCUT2D eigenvalue weighted by atomic mass is 10.2. The van der Waals surface area contributed by atoms with Gasteiger partial charge in [0.2, 0.25) is 0 Å². The molecule has 2 N–H and O–H groups in total. The molecule has 2 heterocycles. The average Bonchev–Trinajstić information content (AvgIpc) is 2.76. The number of thiocarbonyl (C=S) groups is 1. The Morgan fingerprint density at radius 1 is 1.45 bits per heavy atom. The molecule has 0 radical (unpaired) electrons. The molecule has 0 aliphatic heterocycles. The topological polar surface area (TPSA) is 72.9 Å². The Hall–Kier alpha value is -1.76. The molecule has 2 aromatic heterocycles. The SMILES string of the molecule is CC(C)CN(CCC(N)=S)c1ncnc2c1cnn2C. The van der Waals surface area contributed by atoms with Crippen LogP contribution in [0.15, 0.2) is 12.5 Å². The van der Waals surface area contributed by atoms with Gasteiger partial charge >= 0.3 is 0 Å². The molecule has 7 heteroatoms. The highest BCUT2D eigenvalue weighted by Crippen LogP contribution is 2.23. The molecule has 0 amide bonds. The zero-order valence-electron chi connectivity index (χ0n) is 12.1. The molecule has 0 atom stereocenters. The third kappa shape index (κ3) is 3.22. The molecule has 2 rings (SSSR count). The second-order valence-electron chi connectivity index (χ2n) is 5.26. The van der Waals surface area contributed by atoms with Crippen molar-refractivity contribution in [3.05, 3.63) is 12.5 Å². The molecule has 0 unspecified atom stereocenters. The van der Waals surface area contributed by atoms with Gasteiger partial charge in [0.25, 0.3) is 0 Å². The Balaban J connectivity index is 2.36. The Morgan fingerprint density at radius 3 is 2.85 bits per heavy atom. The first-order chi connectivity index (χ1) is 9.49. The van der Waals surface area contributed by atoms with Gasteiger partial charge < -0.3 is 10.6 Å². The van der Waals surface area contributed by atoms with E-state index in [1.807, 2.05) is 7.05 Å². The van der Waals surface area contributed by atoms with Crippen LogP contribution in [0.1, 0.15) is 20.3 Å². The van der Waals surface area contributed by atoms with Crippen molar-refractivity contribution in [3.63, 3.8) is 0 Å². The van der Waals surface area contributed by atoms with E-state index in [4.69, 9.17) is 18.0 Å². The molecule has 0 bridgehead atoms. The second kappa shape index (κ2) is 6.13. The van der Waals surface area contributed by atoms with Crippen molar-refractivity contribution in [2.24, 2.45) is 18.7 Å². The smallest absolute Gasteiger partial charge is 0.163 e. The van der Waals surface area contributed by atoms with E-state index in [0.717, 1.165) is 29.9 Å². The third-order valence-electron chi connectivity index (χ3n) is 3.02. The molecule has 6 nitrogen and oxygen atoms in total. The molecular weight excluding hydrogens is 272 g/mol. The molecule has 0 aromatic carbocycles. The van der Waals surface area contributed by atoms with Crippen LogP contribution in [0.25, 0.3) is 11.0 Å². The highest BCUT2D eigenvalue weighted by molar-refractivity contribution is 7.80. The standard InChI is InChI=1S/C13H20N6S/c1-9(2)7-19(5-4-11(14)20)13-10-6-17-18(3)12(10)15-8-16-13/h6,8-9H,4-5,7H2,1-3H3,(H2,14,20). The van der Waals surface area contributed by atoms with E-state index < -0.39 is 0 Å². The van der Waals surface area contributed by atoms with Gasteiger partial charge in [-0.15, -0.1) is 0 Å². The van der Waals surface area contributed by atoms with Crippen molar-refractivity contribution in [1.29, 1.82) is 0 Å². The first-order valence-electron chi connectivity index (χ1n) is 6.65. The van der Waals surface area contributed by atoms with E-state index >= 15 is 0 Å². The highest BCUT2D eigenvalue weighted by atomic mass is 32.1. The number of aromatic nitrogens is 4. The molecule has 108 valence electrons. The van der Waals surface area contributed by atoms with Crippen LogP contribution in [0.4, 0.5) is 5.82 Å². The number of nitrogens with zero attached hydrogens (tertiary/aromatic N) is 5. The number of nitrogens with two attached hydrogens (primary N) is 1. The summed E-state index contributed by atoms with van der Waals surface area (Å²) in [5, 5.41) is 5.21. The summed E-state index contributed by atoms with van der Waals surface area (Å²) in [5.41, 5.74) is 6.45. The summed E-state index contributed by atoms with van der Waals surface area (Å²) in [6.45, 7) is 6.00. The predicted octanol–water partition coefficient (Wildman–Crippen LogP) is 1.50. The minimum absolute atomic E-state index is 0.517. The number of fused-ring (bicyclic) bond motifs is 1. The zero-order chi connectivity index (χ0) is 14.7. The summed E-state index contributed by atoms with van der Waals surface area (Å²) in [6, 6.07) is 0. The number of hydrogen-bond donors (Lipinski definition) is 1. The molecule has 2 aromatic rings. The minimum atomic E-state index is 0.517. The van der Waals surface area contributed by atoms with Gasteiger partial charge in [0.05, 0.1) is 16.6 Å². The Bertz CT molecular complexity index is 606. The summed E-state index contributed by atoms with van der Waals surface area (Å²) in [4.78, 5) is 11.4. The Labute approximate surface area is 124 Å². The third-order valence-corrected chi connectivity index (χ3v) is 3.23. The molecule has 0 spiro atoms. The van der Waals surface area contributed by atoms with Crippen molar-refractivity contribution >= 4 is 34.1 Å². The maximum absolute atomic E-state index is 5.62. The van der Waals surface area contributed by atoms with E-state index in [9.17, 15) is 0 Å². The highest BCUT2D eigenvalue weighted by Gasteiger charge is 2.16. The lowest BCUT2D eigenvalue weighted by Gasteiger charge is -2.25. The van der Waals surface area contributed by atoms with Crippen LogP contribution in [-0.2, 0) is 7.05 Å². The van der Waals surface area contributed by atoms with Crippen molar-refractivity contribution < 1.29 is 0 Å². The van der Waals surface area contributed by atoms with E-state index in [-0.39, 0.29) is 0 Å². The molecular formula is C13H20N6S. The van der Waals surface area contributed by atoms with Crippen LogP contribution in [0.2, 0.25) is 0 Å². The lowest BCUT2D eigenvalue weighted by molar-refractivity contribution is 0.610. The molecule has 0 aliphatic carbocycles. The first-order valence-corrected chi connectivity index (χ1v) is 7.05. The minimum Gasteiger partial charge on any atom is -0.393 e. The molecule has 0 saturated carbocycles. The largest absolute Gasteiger partial charge is 0.393 e. The van der Waals surface area contributed by atoms with Crippen LogP contribution >= 0.6 is 12.2 Å². The summed E-state index contributed by atoms with van der Waals surface area (Å²) >= 11 is 4.98. The average molecular weight is 292 g/mol. The van der Waals surface area contributed by atoms with E-state index in [1.165, 1.54) is 0 Å². The summed E-state index contributed by atoms with van der Waals surface area (Å²) in [6.07, 6.45) is 4.06. The van der Waals surface area contributed by atoms with Crippen LogP contribution in [0.5, 0.6) is 0 Å². The van der Waals surface area contributed by atoms with Gasteiger partial charge in [0.1, 0.15) is 12.1 Å². The molecule has 0 fully saturated rings. The van der Waals surface area contributed by atoms with Crippen LogP contribution in [0.3, 0.4) is 0 Å². The zero-order valence-corrected chi connectivity index (χ0v) is 12.9. The van der Waals surface area contributed by atoms with Gasteiger partial charge in [-0.1, -0.05) is 26.1 Å². The maximum Gasteiger partial charge on any atom is 0.163 e. The quantitative estimate of drug-likeness (QED) is 0.814. The Morgan fingerprint density at radius 2 is 2.20 bits per heavy atom. The van der Waals surface area contributed by atoms with Crippen LogP contribution in [-0.4, -0.2) is 37.8 Å². The lowest BCUT2D eigenvalue weighted by Crippen LogP contribution is -2.31. The fourth-order valence-electron chi connectivity index (χ4n) is 2.17. The number of anilines is 1. The first kappa shape index (κ1) is 14.6. The van der Waals surface area contributed by atoms with Crippen molar-refractivity contribution in [3.8, 4) is 0 Å². The van der Waals surface area contributed by atoms with Crippen molar-refractivity contribution in [2.45, 2.75) is 20.3 Å². The van der Waals surface area contributed by atoms with E-state index in [2.05, 4.69) is 33.8 Å². The van der Waals surface area contributed by atoms with Crippen molar-refractivity contribution in [2.75, 3.05) is 18.0 Å². The Kier molecular flexibility index (Phi) is 4.49. The number of aryl methyl sites for hydroxylation is 1. The second-order valence-corrected chi connectivity index (χ2v) is 5.78. The van der Waals surface area contributed by atoms with E-state index in [1.54, 1.807) is 17.2 Å². The van der Waals surface area contributed by atoms with E-state index in [0.29, 0.717) is 17.3 Å². The van der Waals surface area contributed by atoms with Gasteiger partial charge in [-0.3, -0.25) is 4.68 Å². The normalized spacial score (nSPS) is 11.2. The van der Waals surface area contributed by atoms with Gasteiger partial charge in [-0.25, -0.2) is 9.97 Å². The summed E-state index contributed by atoms with van der Waals surface area (Å²) in [5.74, 6) is 1.41. The van der Waals surface area contributed by atoms with Gasteiger partial charge in [0, 0.05) is 26.6 Å². The van der Waals surface area contributed by atoms with Crippen LogP contribution < -0.4 is 10.6 Å². The van der Waals surface area contributed by atoms with Crippen molar-refractivity contribution in [1.82, 2.24) is 19.7 Å². The monoisotopic (exact) mass is 292 g/mol. The number of rotatable bonds is 6. The maximum atomic E-state index is 5.62. The van der Waals surface area contributed by atoms with Gasteiger partial charge in [-0.05, 0) is 5.92 Å². The summed E-state index contributed by atoms with van der Waals surface area (Å²) < 4.78 is 1.75. The number of hydrogen-bond acceptors (Lipinski definition) is 5.